The van der Waals surface area contributed by atoms with E-state index in [0.29, 0.717) is 46.7 Å². The number of hydrogen-bond donors (Lipinski definition) is 2. The summed E-state index contributed by atoms with van der Waals surface area (Å²) in [5.41, 5.74) is 1.32. The SMILES string of the molecule is Cc1cc(C(=O)NC[C@H](CC(=O)c2ccc(Oc3ccccc3)cc2)C(=O)N[C@@H](CC(C)C)B2O[C@@H]3C[C@@H]4C[C@@H](C4(C)C)[C@]3(C)O2)n(C)n1. The van der Waals surface area contributed by atoms with Gasteiger partial charge in [-0.3, -0.25) is 19.1 Å². The van der Waals surface area contributed by atoms with Gasteiger partial charge in [-0.2, -0.15) is 5.10 Å². The Labute approximate surface area is 289 Å². The van der Waals surface area contributed by atoms with Crippen molar-refractivity contribution in [1.29, 1.82) is 0 Å². The summed E-state index contributed by atoms with van der Waals surface area (Å²) < 4.78 is 20.7. The summed E-state index contributed by atoms with van der Waals surface area (Å²) in [6.45, 7) is 12.8. The van der Waals surface area contributed by atoms with Gasteiger partial charge >= 0.3 is 7.12 Å². The van der Waals surface area contributed by atoms with Gasteiger partial charge in [0.05, 0.1) is 29.3 Å². The van der Waals surface area contributed by atoms with Crippen LogP contribution in [0.1, 0.15) is 86.8 Å². The second kappa shape index (κ2) is 13.7. The Morgan fingerprint density at radius 1 is 1.04 bits per heavy atom. The molecule has 1 aromatic heterocycles. The fraction of sp³-hybridized carbons (Fsp3) is 0.526. The maximum Gasteiger partial charge on any atom is 0.481 e. The highest BCUT2D eigenvalue weighted by Gasteiger charge is 2.68. The van der Waals surface area contributed by atoms with Gasteiger partial charge in [0.1, 0.15) is 17.2 Å². The van der Waals surface area contributed by atoms with Crippen molar-refractivity contribution in [2.24, 2.45) is 36.1 Å². The molecule has 7 rings (SSSR count). The van der Waals surface area contributed by atoms with Crippen molar-refractivity contribution >= 4 is 24.7 Å². The molecule has 3 aliphatic carbocycles. The molecule has 1 saturated heterocycles. The third kappa shape index (κ3) is 7.19. The van der Waals surface area contributed by atoms with Crippen molar-refractivity contribution in [2.75, 3.05) is 6.54 Å². The Hall–Kier alpha value is -3.96. The van der Waals surface area contributed by atoms with Crippen LogP contribution in [-0.4, -0.2) is 58.7 Å². The smallest absolute Gasteiger partial charge is 0.457 e. The molecule has 3 aromatic rings. The maximum absolute atomic E-state index is 14.1. The van der Waals surface area contributed by atoms with Crippen LogP contribution in [0, 0.1) is 36.0 Å². The number of carbonyl (C=O) groups excluding carboxylic acids is 3. The average molecular weight is 669 g/mol. The van der Waals surface area contributed by atoms with Crippen LogP contribution in [-0.2, 0) is 21.2 Å². The topological polar surface area (TPSA) is 121 Å². The number of aryl methyl sites for hydroxylation is 2. The van der Waals surface area contributed by atoms with E-state index in [2.05, 4.69) is 50.4 Å². The fourth-order valence-electron chi connectivity index (χ4n) is 8.18. The molecule has 4 fully saturated rings. The van der Waals surface area contributed by atoms with E-state index in [4.69, 9.17) is 14.0 Å². The number of Topliss-reactive ketones (excluding diaryl/α,β-unsaturated/α-hetero) is 1. The summed E-state index contributed by atoms with van der Waals surface area (Å²) in [4.78, 5) is 40.9. The van der Waals surface area contributed by atoms with Crippen LogP contribution in [0.4, 0.5) is 0 Å². The Bertz CT molecular complexity index is 1670. The second-order valence-electron chi connectivity index (χ2n) is 15.4. The predicted octanol–water partition coefficient (Wildman–Crippen LogP) is 5.94. The number of nitrogens with zero attached hydrogens (tertiary/aromatic N) is 2. The van der Waals surface area contributed by atoms with Gasteiger partial charge in [0.2, 0.25) is 5.91 Å². The zero-order valence-corrected chi connectivity index (χ0v) is 29.7. The van der Waals surface area contributed by atoms with Crippen molar-refractivity contribution in [3.05, 3.63) is 77.6 Å². The highest BCUT2D eigenvalue weighted by atomic mass is 16.7. The number of ether oxygens (including phenoxy) is 1. The number of rotatable bonds is 13. The van der Waals surface area contributed by atoms with Gasteiger partial charge in [0, 0.05) is 25.6 Å². The number of hydrogen-bond acceptors (Lipinski definition) is 7. The molecule has 4 aliphatic rings. The number of nitrogens with one attached hydrogen (secondary N) is 2. The molecule has 2 N–H and O–H groups in total. The van der Waals surface area contributed by atoms with Crippen molar-refractivity contribution < 1.29 is 28.4 Å². The summed E-state index contributed by atoms with van der Waals surface area (Å²) in [5, 5.41) is 10.4. The zero-order chi connectivity index (χ0) is 35.1. The lowest BCUT2D eigenvalue weighted by atomic mass is 9.43. The van der Waals surface area contributed by atoms with E-state index >= 15 is 0 Å². The van der Waals surface area contributed by atoms with Gasteiger partial charge in [-0.25, -0.2) is 0 Å². The van der Waals surface area contributed by atoms with Crippen molar-refractivity contribution in [2.45, 2.75) is 84.9 Å². The van der Waals surface area contributed by atoms with Crippen LogP contribution in [0.3, 0.4) is 0 Å². The minimum Gasteiger partial charge on any atom is -0.457 e. The molecular formula is C38H49BN4O6. The van der Waals surface area contributed by atoms with Crippen LogP contribution >= 0.6 is 0 Å². The molecule has 0 spiro atoms. The van der Waals surface area contributed by atoms with Gasteiger partial charge in [0.25, 0.3) is 5.91 Å². The molecule has 49 heavy (non-hydrogen) atoms. The molecule has 1 aliphatic heterocycles. The number of benzene rings is 2. The minimum atomic E-state index is -0.841. The van der Waals surface area contributed by atoms with Gasteiger partial charge < -0.3 is 24.7 Å². The van der Waals surface area contributed by atoms with Crippen LogP contribution in [0.25, 0.3) is 0 Å². The predicted molar refractivity (Wildman–Crippen MR) is 187 cm³/mol. The van der Waals surface area contributed by atoms with E-state index in [-0.39, 0.29) is 48.0 Å². The minimum absolute atomic E-state index is 0.0197. The lowest BCUT2D eigenvalue weighted by Crippen LogP contribution is -2.65. The van der Waals surface area contributed by atoms with Gasteiger partial charge in [-0.1, -0.05) is 45.9 Å². The number of para-hydroxylation sites is 1. The third-order valence-corrected chi connectivity index (χ3v) is 11.1. The Morgan fingerprint density at radius 3 is 2.37 bits per heavy atom. The van der Waals surface area contributed by atoms with E-state index in [1.165, 1.54) is 4.68 Å². The van der Waals surface area contributed by atoms with Gasteiger partial charge in [-0.15, -0.1) is 0 Å². The van der Waals surface area contributed by atoms with Crippen molar-refractivity contribution in [3.63, 3.8) is 0 Å². The van der Waals surface area contributed by atoms with Crippen molar-refractivity contribution in [3.8, 4) is 11.5 Å². The molecule has 6 atom stereocenters. The van der Waals surface area contributed by atoms with Crippen LogP contribution in [0.2, 0.25) is 0 Å². The lowest BCUT2D eigenvalue weighted by Gasteiger charge is -2.64. The van der Waals surface area contributed by atoms with E-state index in [1.54, 1.807) is 37.4 Å². The van der Waals surface area contributed by atoms with Crippen LogP contribution in [0.15, 0.2) is 60.7 Å². The fourth-order valence-corrected chi connectivity index (χ4v) is 8.18. The summed E-state index contributed by atoms with van der Waals surface area (Å²) in [6, 6.07) is 18.0. The first-order chi connectivity index (χ1) is 23.2. The molecule has 0 radical (unpaired) electrons. The summed E-state index contributed by atoms with van der Waals surface area (Å²) in [7, 11) is 1.10. The highest BCUT2D eigenvalue weighted by Crippen LogP contribution is 2.65. The molecule has 260 valence electrons. The highest BCUT2D eigenvalue weighted by molar-refractivity contribution is 6.47. The first kappa shape index (κ1) is 34.9. The Balaban J connectivity index is 1.18. The molecule has 2 aromatic carbocycles. The van der Waals surface area contributed by atoms with E-state index in [0.717, 1.165) is 12.8 Å². The van der Waals surface area contributed by atoms with Gasteiger partial charge in [-0.05, 0) is 98.7 Å². The molecule has 2 heterocycles. The molecular weight excluding hydrogens is 619 g/mol. The third-order valence-electron chi connectivity index (χ3n) is 11.1. The molecule has 0 unspecified atom stereocenters. The Morgan fingerprint density at radius 2 is 1.73 bits per heavy atom. The molecule has 2 bridgehead atoms. The number of ketones is 1. The maximum atomic E-state index is 14.1. The number of carbonyl (C=O) groups is 3. The number of aromatic nitrogens is 2. The summed E-state index contributed by atoms with van der Waals surface area (Å²) in [6.07, 6.45) is 2.60. The molecule has 2 amide bonds. The summed E-state index contributed by atoms with van der Waals surface area (Å²) >= 11 is 0. The molecule has 10 nitrogen and oxygen atoms in total. The van der Waals surface area contributed by atoms with Crippen molar-refractivity contribution in [1.82, 2.24) is 20.4 Å². The lowest BCUT2D eigenvalue weighted by molar-refractivity contribution is -0.199. The van der Waals surface area contributed by atoms with Gasteiger partial charge in [0.15, 0.2) is 5.78 Å². The molecule has 3 saturated carbocycles. The van der Waals surface area contributed by atoms with E-state index < -0.39 is 24.6 Å². The second-order valence-corrected chi connectivity index (χ2v) is 15.4. The largest absolute Gasteiger partial charge is 0.481 e. The first-order valence-electron chi connectivity index (χ1n) is 17.5. The molecule has 11 heteroatoms. The Kier molecular flexibility index (Phi) is 9.79. The van der Waals surface area contributed by atoms with Crippen LogP contribution in [0.5, 0.6) is 11.5 Å². The standard InChI is InChI=1S/C38H49BN4O6/c1-23(2)17-34(39-48-33-21-27-20-32(37(27,4)5)38(33,6)49-39)41-35(45)26(22-40-36(46)30-18-24(3)42-43(30)7)19-31(44)25-13-15-29(16-14-25)47-28-11-9-8-10-12-28/h8-16,18,23,26-27,32-34H,17,19-22H2,1-7H3,(H,40,46)(H,41,45)/t26-,27-,32-,33+,34-,38-/m0/s1. The monoisotopic (exact) mass is 668 g/mol. The average Bonchev–Trinajstić information content (AvgIpc) is 3.60. The van der Waals surface area contributed by atoms with E-state index in [9.17, 15) is 14.4 Å². The number of amides is 2. The quantitative estimate of drug-likeness (QED) is 0.171. The van der Waals surface area contributed by atoms with Crippen LogP contribution < -0.4 is 15.4 Å². The normalized spacial score (nSPS) is 24.8. The zero-order valence-electron chi connectivity index (χ0n) is 29.7. The summed E-state index contributed by atoms with van der Waals surface area (Å²) in [5.74, 6) is 0.370. The first-order valence-corrected chi connectivity index (χ1v) is 17.5. The van der Waals surface area contributed by atoms with E-state index in [1.807, 2.05) is 37.3 Å².